The minimum atomic E-state index is -0.192. The Kier molecular flexibility index (Phi) is 5.88. The first-order valence-electron chi connectivity index (χ1n) is 7.96. The van der Waals surface area contributed by atoms with Crippen LogP contribution in [0.4, 0.5) is 5.69 Å². The molecular weight excluding hydrogens is 373 g/mol. The molecule has 1 amide bonds. The fraction of sp³-hybridized carbons (Fsp3) is 0.167. The molecule has 134 valence electrons. The standard InChI is InChI=1S/C18H17Cl2N5O/c1-12(13-3-2-4-14(19)7-13)22-9-18(26)24-16-8-15(20)5-6-17(16)25-11-21-10-23-25/h2-8,10-12,22H,9H2,1H3,(H,24,26)/t12-/m0/s1. The number of aromatic nitrogens is 3. The maximum absolute atomic E-state index is 12.4. The lowest BCUT2D eigenvalue weighted by Crippen LogP contribution is -2.30. The Balaban J connectivity index is 1.66. The predicted octanol–water partition coefficient (Wildman–Crippen LogP) is 3.86. The van der Waals surface area contributed by atoms with Crippen molar-refractivity contribution < 1.29 is 4.79 Å². The van der Waals surface area contributed by atoms with E-state index in [0.29, 0.717) is 21.4 Å². The van der Waals surface area contributed by atoms with E-state index in [4.69, 9.17) is 23.2 Å². The zero-order valence-corrected chi connectivity index (χ0v) is 15.5. The van der Waals surface area contributed by atoms with Crippen molar-refractivity contribution in [1.82, 2.24) is 20.1 Å². The Morgan fingerprint density at radius 1 is 1.19 bits per heavy atom. The second-order valence-corrected chi connectivity index (χ2v) is 6.58. The number of hydrogen-bond acceptors (Lipinski definition) is 4. The van der Waals surface area contributed by atoms with Crippen LogP contribution in [-0.4, -0.2) is 27.2 Å². The summed E-state index contributed by atoms with van der Waals surface area (Å²) >= 11 is 12.1. The first-order chi connectivity index (χ1) is 12.5. The Morgan fingerprint density at radius 2 is 2.00 bits per heavy atom. The van der Waals surface area contributed by atoms with E-state index in [2.05, 4.69) is 20.7 Å². The number of amides is 1. The zero-order chi connectivity index (χ0) is 18.5. The molecule has 0 spiro atoms. The lowest BCUT2D eigenvalue weighted by atomic mass is 10.1. The zero-order valence-electron chi connectivity index (χ0n) is 14.0. The van der Waals surface area contributed by atoms with Crippen LogP contribution in [0.25, 0.3) is 5.69 Å². The molecule has 0 unspecified atom stereocenters. The average Bonchev–Trinajstić information content (AvgIpc) is 3.14. The Labute approximate surface area is 161 Å². The molecule has 2 N–H and O–H groups in total. The molecule has 0 bridgehead atoms. The second-order valence-electron chi connectivity index (χ2n) is 5.71. The van der Waals surface area contributed by atoms with E-state index in [1.54, 1.807) is 29.2 Å². The van der Waals surface area contributed by atoms with Crippen LogP contribution in [0.5, 0.6) is 0 Å². The largest absolute Gasteiger partial charge is 0.323 e. The van der Waals surface area contributed by atoms with Crippen LogP contribution in [0.2, 0.25) is 10.0 Å². The summed E-state index contributed by atoms with van der Waals surface area (Å²) in [6.07, 6.45) is 2.98. The predicted molar refractivity (Wildman–Crippen MR) is 103 cm³/mol. The van der Waals surface area contributed by atoms with Crippen LogP contribution < -0.4 is 10.6 Å². The third kappa shape index (κ3) is 4.60. The fourth-order valence-corrected chi connectivity index (χ4v) is 2.85. The lowest BCUT2D eigenvalue weighted by Gasteiger charge is -2.15. The second kappa shape index (κ2) is 8.31. The molecule has 1 heterocycles. The topological polar surface area (TPSA) is 71.8 Å². The third-order valence-corrected chi connectivity index (χ3v) is 4.29. The van der Waals surface area contributed by atoms with Gasteiger partial charge in [0.05, 0.1) is 17.9 Å². The molecule has 0 fully saturated rings. The van der Waals surface area contributed by atoms with Crippen molar-refractivity contribution >= 4 is 34.8 Å². The lowest BCUT2D eigenvalue weighted by molar-refractivity contribution is -0.115. The fourth-order valence-electron chi connectivity index (χ4n) is 2.47. The van der Waals surface area contributed by atoms with Gasteiger partial charge in [-0.1, -0.05) is 35.3 Å². The quantitative estimate of drug-likeness (QED) is 0.671. The van der Waals surface area contributed by atoms with Gasteiger partial charge < -0.3 is 10.6 Å². The normalized spacial score (nSPS) is 12.0. The molecule has 1 aromatic heterocycles. The highest BCUT2D eigenvalue weighted by Gasteiger charge is 2.12. The van der Waals surface area contributed by atoms with E-state index in [1.807, 2.05) is 31.2 Å². The minimum absolute atomic E-state index is 0.0198. The molecule has 0 radical (unpaired) electrons. The molecule has 8 heteroatoms. The van der Waals surface area contributed by atoms with Gasteiger partial charge >= 0.3 is 0 Å². The summed E-state index contributed by atoms with van der Waals surface area (Å²) in [5.74, 6) is -0.192. The molecule has 0 saturated carbocycles. The summed E-state index contributed by atoms with van der Waals surface area (Å²) in [6, 6.07) is 12.7. The third-order valence-electron chi connectivity index (χ3n) is 3.82. The molecule has 6 nitrogen and oxygen atoms in total. The van der Waals surface area contributed by atoms with Crippen molar-refractivity contribution in [2.24, 2.45) is 0 Å². The molecule has 1 atom stereocenters. The number of halogens is 2. The minimum Gasteiger partial charge on any atom is -0.323 e. The summed E-state index contributed by atoms with van der Waals surface area (Å²) in [5, 5.41) is 11.3. The van der Waals surface area contributed by atoms with Gasteiger partial charge in [-0.3, -0.25) is 4.79 Å². The van der Waals surface area contributed by atoms with E-state index < -0.39 is 0 Å². The maximum atomic E-state index is 12.4. The molecule has 0 aliphatic rings. The molecule has 2 aromatic carbocycles. The number of benzene rings is 2. The van der Waals surface area contributed by atoms with Crippen molar-refractivity contribution in [2.75, 3.05) is 11.9 Å². The Bertz CT molecular complexity index is 898. The van der Waals surface area contributed by atoms with E-state index in [0.717, 1.165) is 5.56 Å². The van der Waals surface area contributed by atoms with E-state index in [-0.39, 0.29) is 18.5 Å². The van der Waals surface area contributed by atoms with Gasteiger partial charge in [0.1, 0.15) is 12.7 Å². The molecule has 26 heavy (non-hydrogen) atoms. The SMILES string of the molecule is C[C@H](NCC(=O)Nc1cc(Cl)ccc1-n1cncn1)c1cccc(Cl)c1. The van der Waals surface area contributed by atoms with Gasteiger partial charge in [0.15, 0.2) is 0 Å². The highest BCUT2D eigenvalue weighted by molar-refractivity contribution is 6.31. The van der Waals surface area contributed by atoms with E-state index in [1.165, 1.54) is 6.33 Å². The van der Waals surface area contributed by atoms with Gasteiger partial charge in [-0.2, -0.15) is 5.10 Å². The van der Waals surface area contributed by atoms with E-state index >= 15 is 0 Å². The van der Waals surface area contributed by atoms with Gasteiger partial charge in [-0.25, -0.2) is 9.67 Å². The number of nitrogens with one attached hydrogen (secondary N) is 2. The van der Waals surface area contributed by atoms with Crippen LogP contribution in [0, 0.1) is 0 Å². The van der Waals surface area contributed by atoms with Crippen LogP contribution in [-0.2, 0) is 4.79 Å². The number of carbonyl (C=O) groups excluding carboxylic acids is 1. The summed E-state index contributed by atoms with van der Waals surface area (Å²) in [5.41, 5.74) is 2.25. The number of carbonyl (C=O) groups is 1. The summed E-state index contributed by atoms with van der Waals surface area (Å²) in [6.45, 7) is 2.11. The summed E-state index contributed by atoms with van der Waals surface area (Å²) in [7, 11) is 0. The van der Waals surface area contributed by atoms with Crippen LogP contribution in [0.15, 0.2) is 55.1 Å². The highest BCUT2D eigenvalue weighted by atomic mass is 35.5. The average molecular weight is 390 g/mol. The number of hydrogen-bond donors (Lipinski definition) is 2. The van der Waals surface area contributed by atoms with Crippen LogP contribution in [0.1, 0.15) is 18.5 Å². The highest BCUT2D eigenvalue weighted by Crippen LogP contribution is 2.24. The van der Waals surface area contributed by atoms with Gasteiger partial charge in [0.2, 0.25) is 5.91 Å². The summed E-state index contributed by atoms with van der Waals surface area (Å²) < 4.78 is 1.56. The van der Waals surface area contributed by atoms with Crippen molar-refractivity contribution in [3.63, 3.8) is 0 Å². The van der Waals surface area contributed by atoms with Crippen molar-refractivity contribution in [1.29, 1.82) is 0 Å². The molecule has 0 aliphatic heterocycles. The van der Waals surface area contributed by atoms with Gasteiger partial charge in [-0.05, 0) is 42.8 Å². The smallest absolute Gasteiger partial charge is 0.238 e. The molecule has 0 aliphatic carbocycles. The van der Waals surface area contributed by atoms with Gasteiger partial charge in [-0.15, -0.1) is 0 Å². The van der Waals surface area contributed by atoms with Crippen LogP contribution >= 0.6 is 23.2 Å². The first kappa shape index (κ1) is 18.4. The Morgan fingerprint density at radius 3 is 2.73 bits per heavy atom. The van der Waals surface area contributed by atoms with Gasteiger partial charge in [0, 0.05) is 16.1 Å². The number of anilines is 1. The van der Waals surface area contributed by atoms with Crippen molar-refractivity contribution in [3.05, 3.63) is 70.7 Å². The van der Waals surface area contributed by atoms with Crippen LogP contribution in [0.3, 0.4) is 0 Å². The summed E-state index contributed by atoms with van der Waals surface area (Å²) in [4.78, 5) is 16.3. The Hall–Kier alpha value is -2.41. The first-order valence-corrected chi connectivity index (χ1v) is 8.72. The molecule has 3 rings (SSSR count). The number of rotatable bonds is 6. The molecular formula is C18H17Cl2N5O. The monoisotopic (exact) mass is 389 g/mol. The van der Waals surface area contributed by atoms with Crippen molar-refractivity contribution in [2.45, 2.75) is 13.0 Å². The van der Waals surface area contributed by atoms with Gasteiger partial charge in [0.25, 0.3) is 0 Å². The van der Waals surface area contributed by atoms with Crippen molar-refractivity contribution in [3.8, 4) is 5.69 Å². The maximum Gasteiger partial charge on any atom is 0.238 e. The number of nitrogens with zero attached hydrogens (tertiary/aromatic N) is 3. The van der Waals surface area contributed by atoms with E-state index in [9.17, 15) is 4.79 Å². The molecule has 0 saturated heterocycles. The molecule has 3 aromatic rings.